The van der Waals surface area contributed by atoms with Gasteiger partial charge in [0.05, 0.1) is 6.10 Å². The molecule has 3 nitrogen and oxygen atoms in total. The van der Waals surface area contributed by atoms with E-state index < -0.39 is 0 Å². The highest BCUT2D eigenvalue weighted by Crippen LogP contribution is 2.39. The monoisotopic (exact) mass is 248 g/mol. The maximum atomic E-state index is 5.93. The summed E-state index contributed by atoms with van der Waals surface area (Å²) >= 11 is 0. The van der Waals surface area contributed by atoms with Crippen LogP contribution in [0.2, 0.25) is 0 Å². The molecule has 1 aromatic carbocycles. The molecule has 0 radical (unpaired) electrons. The number of benzene rings is 1. The number of nitrogen functional groups attached to an aromatic ring is 1. The van der Waals surface area contributed by atoms with E-state index in [0.29, 0.717) is 0 Å². The molecule has 0 aromatic heterocycles. The second-order valence-electron chi connectivity index (χ2n) is 5.57. The predicted octanol–water partition coefficient (Wildman–Crippen LogP) is 3.80. The molecule has 0 aliphatic heterocycles. The first-order valence-corrected chi connectivity index (χ1v) is 6.88. The van der Waals surface area contributed by atoms with Crippen molar-refractivity contribution in [3.05, 3.63) is 18.2 Å². The van der Waals surface area contributed by atoms with Crippen molar-refractivity contribution in [2.24, 2.45) is 0 Å². The largest absolute Gasteiger partial charge is 0.491 e. The number of ether oxygens (including phenoxy) is 1. The number of nitrogens with two attached hydrogens (primary N) is 1. The Kier molecular flexibility index (Phi) is 3.69. The van der Waals surface area contributed by atoms with Gasteiger partial charge in [-0.1, -0.05) is 6.92 Å². The maximum Gasteiger partial charge on any atom is 0.123 e. The van der Waals surface area contributed by atoms with Crippen molar-refractivity contribution in [3.8, 4) is 5.75 Å². The predicted molar refractivity (Wildman–Crippen MR) is 77.1 cm³/mol. The number of anilines is 2. The van der Waals surface area contributed by atoms with Gasteiger partial charge in [0.2, 0.25) is 0 Å². The van der Waals surface area contributed by atoms with Gasteiger partial charge in [-0.2, -0.15) is 0 Å². The van der Waals surface area contributed by atoms with Crippen LogP contribution >= 0.6 is 0 Å². The van der Waals surface area contributed by atoms with E-state index in [1.807, 2.05) is 32.0 Å². The average molecular weight is 248 g/mol. The summed E-state index contributed by atoms with van der Waals surface area (Å²) < 4.78 is 5.72. The highest BCUT2D eigenvalue weighted by molar-refractivity contribution is 5.60. The molecule has 0 saturated heterocycles. The van der Waals surface area contributed by atoms with Crippen molar-refractivity contribution in [1.82, 2.24) is 0 Å². The molecule has 1 fully saturated rings. The lowest BCUT2D eigenvalue weighted by molar-refractivity contribution is 0.242. The van der Waals surface area contributed by atoms with Crippen molar-refractivity contribution in [1.29, 1.82) is 0 Å². The Hall–Kier alpha value is -1.38. The minimum Gasteiger partial charge on any atom is -0.491 e. The molecule has 1 aliphatic rings. The average Bonchev–Trinajstić information content (AvgIpc) is 2.21. The van der Waals surface area contributed by atoms with Gasteiger partial charge in [0.15, 0.2) is 0 Å². The summed E-state index contributed by atoms with van der Waals surface area (Å²) in [5.74, 6) is 0.845. The number of hydrogen-bond donors (Lipinski definition) is 2. The SMILES string of the molecule is CCC1(Nc2cc(N)cc(OC(C)C)c2)CCC1. The van der Waals surface area contributed by atoms with E-state index in [-0.39, 0.29) is 11.6 Å². The number of rotatable bonds is 5. The van der Waals surface area contributed by atoms with E-state index in [0.717, 1.165) is 23.5 Å². The van der Waals surface area contributed by atoms with Crippen LogP contribution < -0.4 is 15.8 Å². The van der Waals surface area contributed by atoms with Gasteiger partial charge in [0, 0.05) is 29.0 Å². The van der Waals surface area contributed by atoms with Gasteiger partial charge >= 0.3 is 0 Å². The summed E-state index contributed by atoms with van der Waals surface area (Å²) in [6.45, 7) is 6.29. The lowest BCUT2D eigenvalue weighted by atomic mass is 9.74. The summed E-state index contributed by atoms with van der Waals surface area (Å²) in [6, 6.07) is 5.92. The highest BCUT2D eigenvalue weighted by atomic mass is 16.5. The van der Waals surface area contributed by atoms with Crippen LogP contribution in [0, 0.1) is 0 Å². The van der Waals surface area contributed by atoms with Crippen LogP contribution in [-0.2, 0) is 0 Å². The fourth-order valence-electron chi connectivity index (χ4n) is 2.51. The molecular weight excluding hydrogens is 224 g/mol. The van der Waals surface area contributed by atoms with Crippen LogP contribution in [0.15, 0.2) is 18.2 Å². The number of hydrogen-bond acceptors (Lipinski definition) is 3. The minimum atomic E-state index is 0.170. The Labute approximate surface area is 110 Å². The van der Waals surface area contributed by atoms with Gasteiger partial charge in [-0.15, -0.1) is 0 Å². The fourth-order valence-corrected chi connectivity index (χ4v) is 2.51. The summed E-state index contributed by atoms with van der Waals surface area (Å²) in [7, 11) is 0. The zero-order valence-electron chi connectivity index (χ0n) is 11.6. The highest BCUT2D eigenvalue weighted by Gasteiger charge is 2.34. The van der Waals surface area contributed by atoms with Crippen LogP contribution in [0.3, 0.4) is 0 Å². The fraction of sp³-hybridized carbons (Fsp3) is 0.600. The van der Waals surface area contributed by atoms with E-state index in [2.05, 4.69) is 12.2 Å². The second-order valence-corrected chi connectivity index (χ2v) is 5.57. The van der Waals surface area contributed by atoms with Crippen molar-refractivity contribution < 1.29 is 4.74 Å². The molecule has 3 N–H and O–H groups in total. The van der Waals surface area contributed by atoms with Crippen LogP contribution in [0.5, 0.6) is 5.75 Å². The molecular formula is C15H24N2O. The lowest BCUT2D eigenvalue weighted by Crippen LogP contribution is -2.44. The van der Waals surface area contributed by atoms with Gasteiger partial charge in [0.25, 0.3) is 0 Å². The van der Waals surface area contributed by atoms with Crippen molar-refractivity contribution >= 4 is 11.4 Å². The van der Waals surface area contributed by atoms with Crippen LogP contribution in [-0.4, -0.2) is 11.6 Å². The smallest absolute Gasteiger partial charge is 0.123 e. The number of nitrogens with one attached hydrogen (secondary N) is 1. The summed E-state index contributed by atoms with van der Waals surface area (Å²) in [6.07, 6.45) is 5.14. The van der Waals surface area contributed by atoms with Gasteiger partial charge in [-0.05, 0) is 45.6 Å². The van der Waals surface area contributed by atoms with E-state index in [4.69, 9.17) is 10.5 Å². The summed E-state index contributed by atoms with van der Waals surface area (Å²) in [5.41, 5.74) is 8.04. The molecule has 0 bridgehead atoms. The third-order valence-corrected chi connectivity index (χ3v) is 3.70. The molecule has 100 valence electrons. The van der Waals surface area contributed by atoms with Crippen LogP contribution in [0.25, 0.3) is 0 Å². The summed E-state index contributed by atoms with van der Waals surface area (Å²) in [4.78, 5) is 0. The third-order valence-electron chi connectivity index (χ3n) is 3.70. The normalized spacial score (nSPS) is 17.3. The van der Waals surface area contributed by atoms with E-state index in [9.17, 15) is 0 Å². The van der Waals surface area contributed by atoms with Gasteiger partial charge in [-0.3, -0.25) is 0 Å². The Morgan fingerprint density at radius 1 is 1.33 bits per heavy atom. The first kappa shape index (κ1) is 13.1. The zero-order valence-corrected chi connectivity index (χ0v) is 11.6. The Balaban J connectivity index is 2.14. The molecule has 18 heavy (non-hydrogen) atoms. The van der Waals surface area contributed by atoms with Crippen molar-refractivity contribution in [2.75, 3.05) is 11.1 Å². The van der Waals surface area contributed by atoms with E-state index in [1.54, 1.807) is 0 Å². The standard InChI is InChI=1S/C15H24N2O/c1-4-15(6-5-7-15)17-13-8-12(16)9-14(10-13)18-11(2)3/h8-11,17H,4-7,16H2,1-3H3. The van der Waals surface area contributed by atoms with Crippen LogP contribution in [0.1, 0.15) is 46.5 Å². The third kappa shape index (κ3) is 2.89. The molecule has 2 rings (SSSR count). The van der Waals surface area contributed by atoms with E-state index in [1.165, 1.54) is 19.3 Å². The van der Waals surface area contributed by atoms with E-state index >= 15 is 0 Å². The van der Waals surface area contributed by atoms with Gasteiger partial charge < -0.3 is 15.8 Å². The Morgan fingerprint density at radius 2 is 2.06 bits per heavy atom. The molecule has 1 aliphatic carbocycles. The topological polar surface area (TPSA) is 47.3 Å². The van der Waals surface area contributed by atoms with Crippen LogP contribution in [0.4, 0.5) is 11.4 Å². The first-order valence-electron chi connectivity index (χ1n) is 6.88. The first-order chi connectivity index (χ1) is 8.53. The van der Waals surface area contributed by atoms with Crippen molar-refractivity contribution in [3.63, 3.8) is 0 Å². The minimum absolute atomic E-state index is 0.170. The van der Waals surface area contributed by atoms with Gasteiger partial charge in [0.1, 0.15) is 5.75 Å². The Morgan fingerprint density at radius 3 is 2.56 bits per heavy atom. The lowest BCUT2D eigenvalue weighted by Gasteiger charge is -2.43. The Bertz CT molecular complexity index is 405. The quantitative estimate of drug-likeness (QED) is 0.779. The molecule has 0 spiro atoms. The molecule has 1 saturated carbocycles. The molecule has 3 heteroatoms. The van der Waals surface area contributed by atoms with Crippen molar-refractivity contribution in [2.45, 2.75) is 58.1 Å². The molecule has 1 aromatic rings. The molecule has 0 unspecified atom stereocenters. The second kappa shape index (κ2) is 5.09. The molecule has 0 amide bonds. The molecule has 0 heterocycles. The van der Waals surface area contributed by atoms with Gasteiger partial charge in [-0.25, -0.2) is 0 Å². The zero-order chi connectivity index (χ0) is 13.2. The maximum absolute atomic E-state index is 5.93. The summed E-state index contributed by atoms with van der Waals surface area (Å²) in [5, 5.41) is 3.64. The molecule has 0 atom stereocenters.